The second-order valence-electron chi connectivity index (χ2n) is 10.9. The number of ether oxygens (including phenoxy) is 3. The summed E-state index contributed by atoms with van der Waals surface area (Å²) in [4.78, 5) is 25.1. The van der Waals surface area contributed by atoms with E-state index in [9.17, 15) is 4.79 Å². The molecule has 0 saturated carbocycles. The normalized spacial score (nSPS) is 14.6. The van der Waals surface area contributed by atoms with E-state index in [4.69, 9.17) is 19.2 Å². The lowest BCUT2D eigenvalue weighted by Gasteiger charge is -2.43. The molecule has 1 fully saturated rings. The van der Waals surface area contributed by atoms with Gasteiger partial charge in [0.15, 0.2) is 0 Å². The zero-order valence-corrected chi connectivity index (χ0v) is 24.3. The first-order chi connectivity index (χ1) is 21.0. The third-order valence-corrected chi connectivity index (χ3v) is 7.94. The Kier molecular flexibility index (Phi) is 8.22. The van der Waals surface area contributed by atoms with Gasteiger partial charge in [-0.1, -0.05) is 30.3 Å². The van der Waals surface area contributed by atoms with E-state index in [2.05, 4.69) is 10.3 Å². The lowest BCUT2D eigenvalue weighted by molar-refractivity contribution is 0.136. The van der Waals surface area contributed by atoms with Crippen LogP contribution in [0.3, 0.4) is 0 Å². The summed E-state index contributed by atoms with van der Waals surface area (Å²) in [5, 5.41) is 3.69. The highest BCUT2D eigenvalue weighted by atomic mass is 19.1. The van der Waals surface area contributed by atoms with Crippen LogP contribution < -0.4 is 15.0 Å². The van der Waals surface area contributed by atoms with Gasteiger partial charge in [-0.15, -0.1) is 0 Å². The maximum atomic E-state index is 15.2. The summed E-state index contributed by atoms with van der Waals surface area (Å²) in [6.45, 7) is 4.58. The summed E-state index contributed by atoms with van der Waals surface area (Å²) in [5.74, 6) is 0.263. The average Bonchev–Trinajstić information content (AvgIpc) is 3.45. The molecule has 0 spiro atoms. The highest BCUT2D eigenvalue weighted by Gasteiger charge is 2.40. The maximum absolute atomic E-state index is 15.2. The highest BCUT2D eigenvalue weighted by molar-refractivity contribution is 6.01. The molecule has 1 N–H and O–H groups in total. The number of carbonyl (C=O) groups is 1. The fraction of sp³-hybridized carbons (Fsp3) is 0.303. The Morgan fingerprint density at radius 1 is 1.07 bits per heavy atom. The van der Waals surface area contributed by atoms with E-state index in [0.717, 1.165) is 24.3 Å². The van der Waals surface area contributed by atoms with Crippen LogP contribution >= 0.6 is 0 Å². The van der Waals surface area contributed by atoms with Crippen molar-refractivity contribution in [1.29, 1.82) is 0 Å². The number of aromatic nitrogens is 3. The second kappa shape index (κ2) is 12.4. The molecule has 3 aromatic heterocycles. The number of benzene rings is 2. The standard InChI is InChI=1S/C33H34FN5O4/c1-33(13-15-35-16-14-33)39(32(40)43-22-23-6-4-3-5-7-23)28-11-9-26(34)25-8-10-27(37-31(25)28)29-21-36-30-20-24(12-17-38(29)30)42-19-18-41-2/h3-12,17,20-21,35H,13-16,18-19,22H2,1-2H3. The number of nitrogens with one attached hydrogen (secondary N) is 1. The number of carbonyl (C=O) groups excluding carboxylic acids is 1. The van der Waals surface area contributed by atoms with Crippen molar-refractivity contribution in [2.45, 2.75) is 31.9 Å². The Balaban J connectivity index is 1.41. The number of nitrogens with zero attached hydrogens (tertiary/aromatic N) is 4. The van der Waals surface area contributed by atoms with Crippen LogP contribution in [0.5, 0.6) is 5.75 Å². The smallest absolute Gasteiger partial charge is 0.415 e. The van der Waals surface area contributed by atoms with Gasteiger partial charge in [0.25, 0.3) is 0 Å². The number of hydrogen-bond donors (Lipinski definition) is 1. The topological polar surface area (TPSA) is 90.2 Å². The SMILES string of the molecule is COCCOc1ccn2c(-c3ccc4c(F)ccc(N(C(=O)OCc5ccccc5)C5(C)CCNCC5)c4n3)cnc2c1. The van der Waals surface area contributed by atoms with Gasteiger partial charge in [-0.05, 0) is 68.8 Å². The van der Waals surface area contributed by atoms with Crippen LogP contribution in [0.4, 0.5) is 14.9 Å². The van der Waals surface area contributed by atoms with Crippen molar-refractivity contribution in [2.75, 3.05) is 38.3 Å². The van der Waals surface area contributed by atoms with E-state index in [1.165, 1.54) is 6.07 Å². The largest absolute Gasteiger partial charge is 0.491 e. The number of anilines is 1. The Bertz CT molecular complexity index is 1740. The van der Waals surface area contributed by atoms with Gasteiger partial charge in [0.1, 0.15) is 30.4 Å². The zero-order valence-electron chi connectivity index (χ0n) is 24.3. The molecule has 0 atom stereocenters. The van der Waals surface area contributed by atoms with Crippen LogP contribution in [0.15, 0.2) is 79.1 Å². The first-order valence-corrected chi connectivity index (χ1v) is 14.4. The fourth-order valence-electron chi connectivity index (χ4n) is 5.56. The van der Waals surface area contributed by atoms with Crippen molar-refractivity contribution >= 4 is 28.3 Å². The molecule has 0 aliphatic carbocycles. The van der Waals surface area contributed by atoms with Crippen LogP contribution in [-0.4, -0.2) is 59.4 Å². The fourth-order valence-corrected chi connectivity index (χ4v) is 5.56. The Morgan fingerprint density at radius 3 is 2.67 bits per heavy atom. The van der Waals surface area contributed by atoms with E-state index in [1.54, 1.807) is 36.4 Å². The van der Waals surface area contributed by atoms with Crippen LogP contribution in [0.25, 0.3) is 27.9 Å². The molecule has 1 saturated heterocycles. The molecule has 6 rings (SSSR count). The van der Waals surface area contributed by atoms with Gasteiger partial charge in [-0.3, -0.25) is 9.30 Å². The monoisotopic (exact) mass is 583 g/mol. The number of methoxy groups -OCH3 is 1. The zero-order chi connectivity index (χ0) is 29.8. The predicted octanol–water partition coefficient (Wildman–Crippen LogP) is 6.00. The minimum absolute atomic E-state index is 0.126. The third kappa shape index (κ3) is 5.89. The van der Waals surface area contributed by atoms with E-state index in [1.807, 2.05) is 60.0 Å². The quantitative estimate of drug-likeness (QED) is 0.213. The van der Waals surface area contributed by atoms with Crippen molar-refractivity contribution in [3.63, 3.8) is 0 Å². The molecule has 4 heterocycles. The van der Waals surface area contributed by atoms with Gasteiger partial charge < -0.3 is 19.5 Å². The molecule has 222 valence electrons. The van der Waals surface area contributed by atoms with Crippen molar-refractivity contribution in [1.82, 2.24) is 19.7 Å². The van der Waals surface area contributed by atoms with Gasteiger partial charge in [0.2, 0.25) is 0 Å². The number of fused-ring (bicyclic) bond motifs is 2. The number of piperidine rings is 1. The van der Waals surface area contributed by atoms with E-state index in [-0.39, 0.29) is 6.61 Å². The molecule has 1 aliphatic rings. The van der Waals surface area contributed by atoms with Crippen molar-refractivity contribution in [3.8, 4) is 17.1 Å². The molecular weight excluding hydrogens is 549 g/mol. The van der Waals surface area contributed by atoms with Gasteiger partial charge in [-0.2, -0.15) is 0 Å². The molecule has 2 aromatic carbocycles. The molecule has 0 bridgehead atoms. The number of amides is 1. The van der Waals surface area contributed by atoms with Crippen molar-refractivity contribution in [3.05, 3.63) is 90.5 Å². The van der Waals surface area contributed by atoms with Crippen molar-refractivity contribution in [2.24, 2.45) is 0 Å². The van der Waals surface area contributed by atoms with Gasteiger partial charge >= 0.3 is 6.09 Å². The molecule has 10 heteroatoms. The highest BCUT2D eigenvalue weighted by Crippen LogP contribution is 2.38. The second-order valence-corrected chi connectivity index (χ2v) is 10.9. The van der Waals surface area contributed by atoms with E-state index < -0.39 is 17.4 Å². The molecule has 0 unspecified atom stereocenters. The number of pyridine rings is 2. The number of rotatable bonds is 9. The summed E-state index contributed by atoms with van der Waals surface area (Å²) in [5.41, 5.74) is 3.20. The lowest BCUT2D eigenvalue weighted by Crippen LogP contribution is -2.55. The summed E-state index contributed by atoms with van der Waals surface area (Å²) in [7, 11) is 1.63. The molecular formula is C33H34FN5O4. The van der Waals surface area contributed by atoms with Gasteiger partial charge in [0.05, 0.1) is 40.9 Å². The summed E-state index contributed by atoms with van der Waals surface area (Å²) >= 11 is 0. The number of imidazole rings is 1. The third-order valence-electron chi connectivity index (χ3n) is 7.94. The Hall–Kier alpha value is -4.54. The Morgan fingerprint density at radius 2 is 1.88 bits per heavy atom. The van der Waals surface area contributed by atoms with E-state index in [0.29, 0.717) is 59.7 Å². The summed E-state index contributed by atoms with van der Waals surface area (Å²) in [6.07, 6.45) is 4.49. The van der Waals surface area contributed by atoms with Crippen LogP contribution in [-0.2, 0) is 16.1 Å². The van der Waals surface area contributed by atoms with Crippen LogP contribution in [0.1, 0.15) is 25.3 Å². The molecule has 1 amide bonds. The minimum atomic E-state index is -0.565. The maximum Gasteiger partial charge on any atom is 0.415 e. The average molecular weight is 584 g/mol. The van der Waals surface area contributed by atoms with Gasteiger partial charge in [-0.25, -0.2) is 19.2 Å². The van der Waals surface area contributed by atoms with E-state index >= 15 is 4.39 Å². The van der Waals surface area contributed by atoms with Gasteiger partial charge in [0, 0.05) is 24.8 Å². The first-order valence-electron chi connectivity index (χ1n) is 14.4. The van der Waals surface area contributed by atoms with Crippen LogP contribution in [0, 0.1) is 5.82 Å². The van der Waals surface area contributed by atoms with Crippen LogP contribution in [0.2, 0.25) is 0 Å². The summed E-state index contributed by atoms with van der Waals surface area (Å²) < 4.78 is 33.8. The summed E-state index contributed by atoms with van der Waals surface area (Å²) in [6, 6.07) is 19.7. The molecule has 1 aliphatic heterocycles. The minimum Gasteiger partial charge on any atom is -0.491 e. The molecule has 0 radical (unpaired) electrons. The molecule has 43 heavy (non-hydrogen) atoms. The molecule has 5 aromatic rings. The Labute approximate surface area is 249 Å². The first kappa shape index (κ1) is 28.6. The number of hydrogen-bond acceptors (Lipinski definition) is 7. The molecule has 9 nitrogen and oxygen atoms in total. The lowest BCUT2D eigenvalue weighted by atomic mass is 9.88. The van der Waals surface area contributed by atoms with Crippen molar-refractivity contribution < 1.29 is 23.4 Å². The predicted molar refractivity (Wildman–Crippen MR) is 163 cm³/mol. The number of halogens is 1.